The first-order chi connectivity index (χ1) is 8.74. The predicted octanol–water partition coefficient (Wildman–Crippen LogP) is 3.43. The summed E-state index contributed by atoms with van der Waals surface area (Å²) in [7, 11) is 0. The smallest absolute Gasteiger partial charge is 0.128 e. The van der Waals surface area contributed by atoms with Crippen molar-refractivity contribution in [2.45, 2.75) is 25.8 Å². The standard InChI is InChI=1S/C13H19N3S2/c1-4-16(5-2)6-7-17-12-11-8-10(3)18-13(11)15-9-14-12/h8-9H,4-7H2,1-3H3. The number of hydrogen-bond donors (Lipinski definition) is 0. The number of hydrogen-bond acceptors (Lipinski definition) is 5. The Bertz CT molecular complexity index is 506. The van der Waals surface area contributed by atoms with Crippen LogP contribution in [0.4, 0.5) is 0 Å². The SMILES string of the molecule is CCN(CC)CCSc1ncnc2sc(C)cc12. The molecule has 2 aromatic heterocycles. The van der Waals surface area contributed by atoms with Crippen LogP contribution in [0.5, 0.6) is 0 Å². The number of rotatable bonds is 6. The van der Waals surface area contributed by atoms with E-state index in [1.807, 2.05) is 11.8 Å². The van der Waals surface area contributed by atoms with Crippen LogP contribution < -0.4 is 0 Å². The molecule has 0 amide bonds. The maximum atomic E-state index is 4.41. The molecular weight excluding hydrogens is 262 g/mol. The molecule has 0 unspecified atom stereocenters. The van der Waals surface area contributed by atoms with Crippen LogP contribution in [0.15, 0.2) is 17.4 Å². The molecule has 0 aliphatic heterocycles. The molecule has 0 N–H and O–H groups in total. The molecule has 0 saturated carbocycles. The molecule has 0 fully saturated rings. The van der Waals surface area contributed by atoms with Gasteiger partial charge in [-0.2, -0.15) is 0 Å². The zero-order valence-corrected chi connectivity index (χ0v) is 12.8. The number of aryl methyl sites for hydroxylation is 1. The number of aromatic nitrogens is 2. The Hall–Kier alpha value is -0.650. The molecule has 0 aliphatic rings. The molecule has 0 aromatic carbocycles. The summed E-state index contributed by atoms with van der Waals surface area (Å²) in [4.78, 5) is 13.6. The lowest BCUT2D eigenvalue weighted by Gasteiger charge is -2.17. The molecule has 0 spiro atoms. The van der Waals surface area contributed by atoms with Gasteiger partial charge in [-0.1, -0.05) is 13.8 Å². The highest BCUT2D eigenvalue weighted by molar-refractivity contribution is 7.99. The summed E-state index contributed by atoms with van der Waals surface area (Å²) in [5, 5.41) is 2.33. The Balaban J connectivity index is 2.03. The van der Waals surface area contributed by atoms with E-state index >= 15 is 0 Å². The third kappa shape index (κ3) is 3.22. The highest BCUT2D eigenvalue weighted by Gasteiger charge is 2.08. The Morgan fingerprint density at radius 1 is 1.28 bits per heavy atom. The summed E-state index contributed by atoms with van der Waals surface area (Å²) < 4.78 is 0. The van der Waals surface area contributed by atoms with Gasteiger partial charge in [-0.25, -0.2) is 9.97 Å². The predicted molar refractivity (Wildman–Crippen MR) is 80.7 cm³/mol. The Labute approximate surface area is 117 Å². The van der Waals surface area contributed by atoms with Crippen LogP contribution in [0.25, 0.3) is 10.2 Å². The first kappa shape index (κ1) is 13.8. The number of nitrogens with zero attached hydrogens (tertiary/aromatic N) is 3. The zero-order valence-electron chi connectivity index (χ0n) is 11.1. The largest absolute Gasteiger partial charge is 0.303 e. The molecule has 98 valence electrons. The average molecular weight is 281 g/mol. The van der Waals surface area contributed by atoms with Crippen molar-refractivity contribution in [1.29, 1.82) is 0 Å². The van der Waals surface area contributed by atoms with Crippen LogP contribution in [0.3, 0.4) is 0 Å². The van der Waals surface area contributed by atoms with Gasteiger partial charge < -0.3 is 4.90 Å². The fourth-order valence-corrected chi connectivity index (χ4v) is 3.77. The molecule has 3 nitrogen and oxygen atoms in total. The third-order valence-corrected chi connectivity index (χ3v) is 4.90. The zero-order chi connectivity index (χ0) is 13.0. The highest BCUT2D eigenvalue weighted by Crippen LogP contribution is 2.30. The van der Waals surface area contributed by atoms with E-state index in [0.717, 1.165) is 35.2 Å². The summed E-state index contributed by atoms with van der Waals surface area (Å²) in [6.45, 7) is 9.89. The van der Waals surface area contributed by atoms with Gasteiger partial charge in [0.25, 0.3) is 0 Å². The molecular formula is C13H19N3S2. The molecule has 0 radical (unpaired) electrons. The van der Waals surface area contributed by atoms with E-state index < -0.39 is 0 Å². The van der Waals surface area contributed by atoms with Gasteiger partial charge in [0.1, 0.15) is 16.2 Å². The minimum atomic E-state index is 1.09. The van der Waals surface area contributed by atoms with Gasteiger partial charge >= 0.3 is 0 Å². The molecule has 2 aromatic rings. The molecule has 0 bridgehead atoms. The number of thioether (sulfide) groups is 1. The van der Waals surface area contributed by atoms with Crippen LogP contribution in [-0.2, 0) is 0 Å². The fraction of sp³-hybridized carbons (Fsp3) is 0.538. The summed E-state index contributed by atoms with van der Waals surface area (Å²) in [5.41, 5.74) is 0. The van der Waals surface area contributed by atoms with Crippen molar-refractivity contribution in [1.82, 2.24) is 14.9 Å². The van der Waals surface area contributed by atoms with Crippen molar-refractivity contribution in [3.05, 3.63) is 17.3 Å². The van der Waals surface area contributed by atoms with E-state index in [-0.39, 0.29) is 0 Å². The van der Waals surface area contributed by atoms with Crippen molar-refractivity contribution >= 4 is 33.3 Å². The van der Waals surface area contributed by atoms with Gasteiger partial charge in [0, 0.05) is 22.6 Å². The molecule has 2 rings (SSSR count). The van der Waals surface area contributed by atoms with Crippen molar-refractivity contribution < 1.29 is 0 Å². The van der Waals surface area contributed by atoms with Crippen molar-refractivity contribution in [2.24, 2.45) is 0 Å². The van der Waals surface area contributed by atoms with Crippen molar-refractivity contribution in [3.8, 4) is 0 Å². The second-order valence-corrected chi connectivity index (χ2v) is 6.45. The summed E-state index contributed by atoms with van der Waals surface area (Å²) in [6.07, 6.45) is 1.68. The van der Waals surface area contributed by atoms with E-state index in [2.05, 4.69) is 41.7 Å². The fourth-order valence-electron chi connectivity index (χ4n) is 1.88. The van der Waals surface area contributed by atoms with Gasteiger partial charge in [-0.3, -0.25) is 0 Å². The highest BCUT2D eigenvalue weighted by atomic mass is 32.2. The first-order valence-corrected chi connectivity index (χ1v) is 8.11. The maximum Gasteiger partial charge on any atom is 0.128 e. The number of thiophene rings is 1. The van der Waals surface area contributed by atoms with Gasteiger partial charge in [0.2, 0.25) is 0 Å². The van der Waals surface area contributed by atoms with Crippen LogP contribution >= 0.6 is 23.1 Å². The molecule has 2 heterocycles. The van der Waals surface area contributed by atoms with Crippen LogP contribution in [0.2, 0.25) is 0 Å². The lowest BCUT2D eigenvalue weighted by atomic mass is 10.4. The second-order valence-electron chi connectivity index (χ2n) is 4.13. The van der Waals surface area contributed by atoms with E-state index in [9.17, 15) is 0 Å². The van der Waals surface area contributed by atoms with E-state index in [1.54, 1.807) is 17.7 Å². The van der Waals surface area contributed by atoms with Crippen LogP contribution in [-0.4, -0.2) is 40.3 Å². The van der Waals surface area contributed by atoms with E-state index in [4.69, 9.17) is 0 Å². The Morgan fingerprint density at radius 2 is 2.06 bits per heavy atom. The quantitative estimate of drug-likeness (QED) is 0.599. The lowest BCUT2D eigenvalue weighted by Crippen LogP contribution is -2.25. The molecule has 18 heavy (non-hydrogen) atoms. The summed E-state index contributed by atoms with van der Waals surface area (Å²) >= 11 is 3.58. The molecule has 5 heteroatoms. The lowest BCUT2D eigenvalue weighted by molar-refractivity contribution is 0.324. The van der Waals surface area contributed by atoms with E-state index in [1.165, 1.54) is 10.3 Å². The Kier molecular flexibility index (Phi) is 4.97. The average Bonchev–Trinajstić information content (AvgIpc) is 2.75. The molecule has 0 aliphatic carbocycles. The van der Waals surface area contributed by atoms with Crippen molar-refractivity contribution in [3.63, 3.8) is 0 Å². The Morgan fingerprint density at radius 3 is 2.78 bits per heavy atom. The minimum absolute atomic E-state index is 1.09. The van der Waals surface area contributed by atoms with Gasteiger partial charge in [0.05, 0.1) is 0 Å². The first-order valence-electron chi connectivity index (χ1n) is 6.30. The van der Waals surface area contributed by atoms with Gasteiger partial charge in [-0.05, 0) is 26.1 Å². The van der Waals surface area contributed by atoms with E-state index in [0.29, 0.717) is 0 Å². The topological polar surface area (TPSA) is 29.0 Å². The molecule has 0 saturated heterocycles. The maximum absolute atomic E-state index is 4.41. The monoisotopic (exact) mass is 281 g/mol. The van der Waals surface area contributed by atoms with Gasteiger partial charge in [0.15, 0.2) is 0 Å². The summed E-state index contributed by atoms with van der Waals surface area (Å²) in [5.74, 6) is 1.09. The minimum Gasteiger partial charge on any atom is -0.303 e. The molecule has 0 atom stereocenters. The van der Waals surface area contributed by atoms with Crippen LogP contribution in [0.1, 0.15) is 18.7 Å². The van der Waals surface area contributed by atoms with Crippen molar-refractivity contribution in [2.75, 3.05) is 25.4 Å². The second kappa shape index (κ2) is 6.50. The third-order valence-electron chi connectivity index (χ3n) is 2.96. The number of fused-ring (bicyclic) bond motifs is 1. The van der Waals surface area contributed by atoms with Gasteiger partial charge in [-0.15, -0.1) is 23.1 Å². The normalized spacial score (nSPS) is 11.6. The van der Waals surface area contributed by atoms with Crippen LogP contribution in [0, 0.1) is 6.92 Å². The summed E-state index contributed by atoms with van der Waals surface area (Å²) in [6, 6.07) is 2.19.